The Bertz CT molecular complexity index is 953. The van der Waals surface area contributed by atoms with E-state index in [4.69, 9.17) is 17.0 Å². The molecule has 0 radical (unpaired) electrons. The Kier molecular flexibility index (Phi) is 4.85. The van der Waals surface area contributed by atoms with Crippen molar-refractivity contribution in [3.05, 3.63) is 59.1 Å². The van der Waals surface area contributed by atoms with E-state index in [-0.39, 0.29) is 0 Å². The zero-order valence-electron chi connectivity index (χ0n) is 15.6. The Morgan fingerprint density at radius 3 is 1.78 bits per heavy atom. The number of methoxy groups -OCH3 is 1. The SMILES string of the molecule is COc1ccc(N2CCN(c3ccc(-n4c(C)n[nH]c4=S)cc3)CC2)cc1. The Morgan fingerprint density at radius 1 is 0.852 bits per heavy atom. The van der Waals surface area contributed by atoms with Gasteiger partial charge in [0.2, 0.25) is 0 Å². The molecule has 0 amide bonds. The Hall–Kier alpha value is -2.80. The highest BCUT2D eigenvalue weighted by Crippen LogP contribution is 2.24. The molecule has 1 N–H and O–H groups in total. The number of rotatable bonds is 4. The summed E-state index contributed by atoms with van der Waals surface area (Å²) in [5.41, 5.74) is 3.52. The van der Waals surface area contributed by atoms with Gasteiger partial charge in [0, 0.05) is 43.2 Å². The molecule has 2 heterocycles. The number of hydrogen-bond acceptors (Lipinski definition) is 5. The number of aromatic nitrogens is 3. The van der Waals surface area contributed by atoms with Crippen molar-refractivity contribution in [1.82, 2.24) is 14.8 Å². The van der Waals surface area contributed by atoms with Crippen LogP contribution < -0.4 is 14.5 Å². The van der Waals surface area contributed by atoms with E-state index in [2.05, 4.69) is 56.4 Å². The molecule has 0 bridgehead atoms. The quantitative estimate of drug-likeness (QED) is 0.700. The predicted molar refractivity (Wildman–Crippen MR) is 111 cm³/mol. The average Bonchev–Trinajstić information content (AvgIpc) is 3.06. The van der Waals surface area contributed by atoms with E-state index >= 15 is 0 Å². The smallest absolute Gasteiger partial charge is 0.199 e. The zero-order valence-corrected chi connectivity index (χ0v) is 16.4. The first-order chi connectivity index (χ1) is 13.2. The van der Waals surface area contributed by atoms with E-state index in [1.54, 1.807) is 7.11 Å². The summed E-state index contributed by atoms with van der Waals surface area (Å²) in [6.07, 6.45) is 0. The monoisotopic (exact) mass is 381 g/mol. The summed E-state index contributed by atoms with van der Waals surface area (Å²) < 4.78 is 7.81. The van der Waals surface area contributed by atoms with E-state index in [1.807, 2.05) is 23.6 Å². The van der Waals surface area contributed by atoms with Crippen LogP contribution in [0.5, 0.6) is 5.75 Å². The minimum atomic E-state index is 0.619. The highest BCUT2D eigenvalue weighted by Gasteiger charge is 2.18. The first-order valence-corrected chi connectivity index (χ1v) is 9.45. The number of nitrogens with zero attached hydrogens (tertiary/aromatic N) is 4. The molecule has 0 saturated carbocycles. The van der Waals surface area contributed by atoms with Crippen LogP contribution in [0.4, 0.5) is 11.4 Å². The Labute approximate surface area is 164 Å². The van der Waals surface area contributed by atoms with Crippen LogP contribution in [-0.4, -0.2) is 48.1 Å². The summed E-state index contributed by atoms with van der Waals surface area (Å²) >= 11 is 5.31. The summed E-state index contributed by atoms with van der Waals surface area (Å²) in [4.78, 5) is 4.84. The van der Waals surface area contributed by atoms with Gasteiger partial charge in [-0.3, -0.25) is 9.67 Å². The molecular weight excluding hydrogens is 358 g/mol. The number of hydrogen-bond donors (Lipinski definition) is 1. The summed E-state index contributed by atoms with van der Waals surface area (Å²) in [6, 6.07) is 16.8. The molecule has 3 aromatic rings. The van der Waals surface area contributed by atoms with E-state index < -0.39 is 0 Å². The average molecular weight is 382 g/mol. The van der Waals surface area contributed by atoms with Crippen LogP contribution in [0.1, 0.15) is 5.82 Å². The van der Waals surface area contributed by atoms with Crippen molar-refractivity contribution in [1.29, 1.82) is 0 Å². The van der Waals surface area contributed by atoms with Crippen molar-refractivity contribution >= 4 is 23.6 Å². The molecular formula is C20H23N5OS. The first kappa shape index (κ1) is 17.6. The maximum absolute atomic E-state index is 5.31. The maximum Gasteiger partial charge on any atom is 0.199 e. The molecule has 1 aliphatic rings. The maximum atomic E-state index is 5.31. The second kappa shape index (κ2) is 7.44. The highest BCUT2D eigenvalue weighted by atomic mass is 32.1. The normalized spacial score (nSPS) is 14.4. The molecule has 7 heteroatoms. The van der Waals surface area contributed by atoms with Gasteiger partial charge in [0.15, 0.2) is 4.77 Å². The van der Waals surface area contributed by atoms with Crippen LogP contribution in [-0.2, 0) is 0 Å². The third kappa shape index (κ3) is 3.55. The fraction of sp³-hybridized carbons (Fsp3) is 0.300. The minimum absolute atomic E-state index is 0.619. The van der Waals surface area contributed by atoms with Gasteiger partial charge < -0.3 is 14.5 Å². The van der Waals surface area contributed by atoms with E-state index in [9.17, 15) is 0 Å². The Balaban J connectivity index is 1.43. The van der Waals surface area contributed by atoms with Gasteiger partial charge in [0.05, 0.1) is 7.11 Å². The second-order valence-corrected chi connectivity index (χ2v) is 6.99. The summed E-state index contributed by atoms with van der Waals surface area (Å²) in [5.74, 6) is 1.76. The van der Waals surface area contributed by atoms with Crippen LogP contribution in [0.2, 0.25) is 0 Å². The van der Waals surface area contributed by atoms with Crippen LogP contribution in [0.15, 0.2) is 48.5 Å². The topological polar surface area (TPSA) is 49.3 Å². The van der Waals surface area contributed by atoms with E-state index in [1.165, 1.54) is 11.4 Å². The fourth-order valence-electron chi connectivity index (χ4n) is 3.51. The molecule has 140 valence electrons. The predicted octanol–water partition coefficient (Wildman–Crippen LogP) is 3.57. The lowest BCUT2D eigenvalue weighted by atomic mass is 10.2. The second-order valence-electron chi connectivity index (χ2n) is 6.60. The van der Waals surface area contributed by atoms with Gasteiger partial charge in [0.1, 0.15) is 11.6 Å². The first-order valence-electron chi connectivity index (χ1n) is 9.04. The van der Waals surface area contributed by atoms with Gasteiger partial charge in [-0.2, -0.15) is 5.10 Å². The summed E-state index contributed by atoms with van der Waals surface area (Å²) in [5, 5.41) is 7.01. The molecule has 1 saturated heterocycles. The lowest BCUT2D eigenvalue weighted by Crippen LogP contribution is -2.46. The van der Waals surface area contributed by atoms with E-state index in [0.717, 1.165) is 43.4 Å². The molecule has 0 spiro atoms. The number of aryl methyl sites for hydroxylation is 1. The van der Waals surface area contributed by atoms with Gasteiger partial charge in [-0.25, -0.2) is 0 Å². The number of aromatic amines is 1. The van der Waals surface area contributed by atoms with Gasteiger partial charge in [-0.1, -0.05) is 0 Å². The number of anilines is 2. The number of piperazine rings is 1. The lowest BCUT2D eigenvalue weighted by molar-refractivity contribution is 0.415. The highest BCUT2D eigenvalue weighted by molar-refractivity contribution is 7.71. The molecule has 0 unspecified atom stereocenters. The van der Waals surface area contributed by atoms with Gasteiger partial charge >= 0.3 is 0 Å². The molecule has 6 nitrogen and oxygen atoms in total. The number of H-pyrrole nitrogens is 1. The van der Waals surface area contributed by atoms with Crippen molar-refractivity contribution in [2.75, 3.05) is 43.1 Å². The van der Waals surface area contributed by atoms with Crippen molar-refractivity contribution < 1.29 is 4.74 Å². The van der Waals surface area contributed by atoms with Crippen LogP contribution in [0.25, 0.3) is 5.69 Å². The van der Waals surface area contributed by atoms with Crippen molar-refractivity contribution in [2.45, 2.75) is 6.92 Å². The molecule has 1 aliphatic heterocycles. The molecule has 2 aromatic carbocycles. The van der Waals surface area contributed by atoms with E-state index in [0.29, 0.717) is 4.77 Å². The largest absolute Gasteiger partial charge is 0.497 e. The molecule has 1 aromatic heterocycles. The van der Waals surface area contributed by atoms with Crippen LogP contribution in [0, 0.1) is 11.7 Å². The third-order valence-electron chi connectivity index (χ3n) is 5.03. The van der Waals surface area contributed by atoms with Crippen molar-refractivity contribution in [3.8, 4) is 11.4 Å². The van der Waals surface area contributed by atoms with Gasteiger partial charge in [0.25, 0.3) is 0 Å². The summed E-state index contributed by atoms with van der Waals surface area (Å²) in [6.45, 7) is 5.93. The number of nitrogens with one attached hydrogen (secondary N) is 1. The Morgan fingerprint density at radius 2 is 1.33 bits per heavy atom. The van der Waals surface area contributed by atoms with Gasteiger partial charge in [-0.05, 0) is 67.7 Å². The zero-order chi connectivity index (χ0) is 18.8. The van der Waals surface area contributed by atoms with Gasteiger partial charge in [-0.15, -0.1) is 0 Å². The molecule has 27 heavy (non-hydrogen) atoms. The minimum Gasteiger partial charge on any atom is -0.497 e. The number of benzene rings is 2. The molecule has 0 atom stereocenters. The standard InChI is InChI=1S/C20H23N5OS/c1-15-21-22-20(27)25(15)18-5-3-16(4-6-18)23-11-13-24(14-12-23)17-7-9-19(26-2)10-8-17/h3-10H,11-14H2,1-2H3,(H,22,27). The van der Waals surface area contributed by atoms with Crippen LogP contribution in [0.3, 0.4) is 0 Å². The summed E-state index contributed by atoms with van der Waals surface area (Å²) in [7, 11) is 1.70. The molecule has 0 aliphatic carbocycles. The molecule has 4 rings (SSSR count). The lowest BCUT2D eigenvalue weighted by Gasteiger charge is -2.37. The van der Waals surface area contributed by atoms with Crippen molar-refractivity contribution in [3.63, 3.8) is 0 Å². The van der Waals surface area contributed by atoms with Crippen molar-refractivity contribution in [2.24, 2.45) is 0 Å². The number of ether oxygens (including phenoxy) is 1. The third-order valence-corrected chi connectivity index (χ3v) is 5.30. The fourth-order valence-corrected chi connectivity index (χ4v) is 3.79. The molecule has 1 fully saturated rings. The van der Waals surface area contributed by atoms with Crippen LogP contribution >= 0.6 is 12.2 Å².